The molecule has 0 bridgehead atoms. The molecule has 1 heterocycles. The van der Waals surface area contributed by atoms with E-state index in [-0.39, 0.29) is 0 Å². The average molecular weight is 468 g/mol. The molecule has 1 aliphatic carbocycles. The topological polar surface area (TPSA) is 83.6 Å². The summed E-state index contributed by atoms with van der Waals surface area (Å²) in [6.07, 6.45) is 3.05. The lowest BCUT2D eigenvalue weighted by molar-refractivity contribution is -0.140. The zero-order valence-electron chi connectivity index (χ0n) is 19.8. The zero-order valence-corrected chi connectivity index (χ0v) is 19.8. The van der Waals surface area contributed by atoms with Crippen LogP contribution in [0.1, 0.15) is 54.2 Å². The average Bonchev–Trinajstić information content (AvgIpc) is 3.61. The summed E-state index contributed by atoms with van der Waals surface area (Å²) in [5.41, 5.74) is 5.51. The van der Waals surface area contributed by atoms with Gasteiger partial charge >= 0.3 is 5.97 Å². The molecule has 5 rings (SSSR count). The highest BCUT2D eigenvalue weighted by Gasteiger charge is 2.52. The van der Waals surface area contributed by atoms with Crippen LogP contribution >= 0.6 is 0 Å². The van der Waals surface area contributed by atoms with E-state index in [1.54, 1.807) is 0 Å². The van der Waals surface area contributed by atoms with Gasteiger partial charge in [-0.1, -0.05) is 84.0 Å². The molecule has 1 fully saturated rings. The van der Waals surface area contributed by atoms with Gasteiger partial charge in [0.25, 0.3) is 0 Å². The Morgan fingerprint density at radius 1 is 0.971 bits per heavy atom. The standard InChI is InChI=1S/C30H29NO4/c1-20-27(26(32)13-7-10-21-8-3-2-4-9-21)28(35-31-20)23-16-14-22(15-17-23)24-11-5-6-12-25(24)30(18-19-30)29(33)34/h2-6,8-9,11-12,14-17,26,32H,7,10,13,18-19H2,1H3,(H,33,34). The Hall–Kier alpha value is -3.70. The summed E-state index contributed by atoms with van der Waals surface area (Å²) in [5.74, 6) is -0.177. The number of carbonyl (C=O) groups is 1. The molecule has 0 spiro atoms. The number of carboxylic acid groups (broad SMARTS) is 1. The number of carboxylic acids is 1. The highest BCUT2D eigenvalue weighted by Crippen LogP contribution is 2.51. The van der Waals surface area contributed by atoms with E-state index in [1.165, 1.54) is 5.56 Å². The number of benzene rings is 3. The van der Waals surface area contributed by atoms with Gasteiger partial charge in [0.1, 0.15) is 0 Å². The van der Waals surface area contributed by atoms with Gasteiger partial charge < -0.3 is 14.7 Å². The van der Waals surface area contributed by atoms with Crippen molar-refractivity contribution in [3.63, 3.8) is 0 Å². The van der Waals surface area contributed by atoms with E-state index in [1.807, 2.05) is 73.7 Å². The first-order chi connectivity index (χ1) is 17.0. The molecule has 0 aliphatic heterocycles. The van der Waals surface area contributed by atoms with Gasteiger partial charge in [-0.25, -0.2) is 0 Å². The fraction of sp³-hybridized carbons (Fsp3) is 0.267. The van der Waals surface area contributed by atoms with Gasteiger partial charge in [-0.2, -0.15) is 0 Å². The number of aliphatic carboxylic acids is 1. The zero-order chi connectivity index (χ0) is 24.4. The van der Waals surface area contributed by atoms with Crippen molar-refractivity contribution in [2.24, 2.45) is 0 Å². The van der Waals surface area contributed by atoms with E-state index in [4.69, 9.17) is 4.52 Å². The molecule has 1 saturated carbocycles. The number of aryl methyl sites for hydroxylation is 2. The normalized spacial score (nSPS) is 15.0. The van der Waals surface area contributed by atoms with Gasteiger partial charge in [0.15, 0.2) is 5.76 Å². The molecular weight excluding hydrogens is 438 g/mol. The molecule has 1 aromatic heterocycles. The van der Waals surface area contributed by atoms with E-state index in [9.17, 15) is 15.0 Å². The first-order valence-electron chi connectivity index (χ1n) is 12.1. The highest BCUT2D eigenvalue weighted by atomic mass is 16.5. The molecule has 1 atom stereocenters. The summed E-state index contributed by atoms with van der Waals surface area (Å²) in [7, 11) is 0. The summed E-state index contributed by atoms with van der Waals surface area (Å²) in [4.78, 5) is 11.9. The predicted octanol–water partition coefficient (Wildman–Crippen LogP) is 6.49. The minimum absolute atomic E-state index is 0.582. The van der Waals surface area contributed by atoms with Crippen molar-refractivity contribution in [1.82, 2.24) is 5.16 Å². The molecule has 178 valence electrons. The Morgan fingerprint density at radius 2 is 1.63 bits per heavy atom. The molecule has 5 heteroatoms. The van der Waals surface area contributed by atoms with Gasteiger partial charge in [-0.05, 0) is 61.3 Å². The third-order valence-electron chi connectivity index (χ3n) is 7.09. The molecule has 35 heavy (non-hydrogen) atoms. The van der Waals surface area contributed by atoms with Crippen LogP contribution in [0.4, 0.5) is 0 Å². The van der Waals surface area contributed by atoms with Crippen molar-refractivity contribution in [3.8, 4) is 22.5 Å². The van der Waals surface area contributed by atoms with Crippen molar-refractivity contribution < 1.29 is 19.5 Å². The van der Waals surface area contributed by atoms with Crippen LogP contribution in [0, 0.1) is 6.92 Å². The quantitative estimate of drug-likeness (QED) is 0.294. The smallest absolute Gasteiger partial charge is 0.314 e. The number of hydrogen-bond acceptors (Lipinski definition) is 4. The van der Waals surface area contributed by atoms with Gasteiger partial charge in [-0.15, -0.1) is 0 Å². The maximum atomic E-state index is 11.9. The fourth-order valence-electron chi connectivity index (χ4n) is 4.94. The summed E-state index contributed by atoms with van der Waals surface area (Å²) in [6.45, 7) is 1.86. The molecule has 1 unspecified atom stereocenters. The van der Waals surface area contributed by atoms with Crippen LogP contribution in [0.5, 0.6) is 0 Å². The molecule has 5 nitrogen and oxygen atoms in total. The van der Waals surface area contributed by atoms with Crippen molar-refractivity contribution >= 4 is 5.97 Å². The molecule has 4 aromatic rings. The van der Waals surface area contributed by atoms with Crippen LogP contribution in [0.2, 0.25) is 0 Å². The summed E-state index contributed by atoms with van der Waals surface area (Å²) in [5, 5.41) is 24.9. The summed E-state index contributed by atoms with van der Waals surface area (Å²) < 4.78 is 5.64. The monoisotopic (exact) mass is 467 g/mol. The number of aliphatic hydroxyl groups is 1. The maximum Gasteiger partial charge on any atom is 0.314 e. The van der Waals surface area contributed by atoms with Crippen LogP contribution in [0.15, 0.2) is 83.4 Å². The van der Waals surface area contributed by atoms with E-state index >= 15 is 0 Å². The number of nitrogens with zero attached hydrogens (tertiary/aromatic N) is 1. The second-order valence-corrected chi connectivity index (χ2v) is 9.41. The van der Waals surface area contributed by atoms with Crippen LogP contribution in [0.25, 0.3) is 22.5 Å². The Bertz CT molecular complexity index is 1320. The van der Waals surface area contributed by atoms with Crippen LogP contribution < -0.4 is 0 Å². The minimum Gasteiger partial charge on any atom is -0.481 e. The lowest BCUT2D eigenvalue weighted by Crippen LogP contribution is -2.20. The molecule has 0 radical (unpaired) electrons. The van der Waals surface area contributed by atoms with Crippen LogP contribution in [-0.2, 0) is 16.6 Å². The van der Waals surface area contributed by atoms with E-state index in [0.717, 1.165) is 40.7 Å². The molecule has 2 N–H and O–H groups in total. The second-order valence-electron chi connectivity index (χ2n) is 9.41. The fourth-order valence-corrected chi connectivity index (χ4v) is 4.94. The van der Waals surface area contributed by atoms with Crippen molar-refractivity contribution in [1.29, 1.82) is 0 Å². The number of hydrogen-bond donors (Lipinski definition) is 2. The molecule has 0 amide bonds. The number of aliphatic hydroxyl groups excluding tert-OH is 1. The van der Waals surface area contributed by atoms with Crippen LogP contribution in [0.3, 0.4) is 0 Å². The molecular formula is C30H29NO4. The highest BCUT2D eigenvalue weighted by molar-refractivity contribution is 5.88. The SMILES string of the molecule is Cc1noc(-c2ccc(-c3ccccc3C3(C(=O)O)CC3)cc2)c1C(O)CCCc1ccccc1. The minimum atomic E-state index is -0.770. The Kier molecular flexibility index (Phi) is 6.27. The van der Waals surface area contributed by atoms with Gasteiger partial charge in [0, 0.05) is 5.56 Å². The largest absolute Gasteiger partial charge is 0.481 e. The van der Waals surface area contributed by atoms with E-state index in [2.05, 4.69) is 17.3 Å². The summed E-state index contributed by atoms with van der Waals surface area (Å²) >= 11 is 0. The molecule has 0 saturated heterocycles. The second kappa shape index (κ2) is 9.51. The van der Waals surface area contributed by atoms with Crippen molar-refractivity contribution in [2.45, 2.75) is 50.5 Å². The van der Waals surface area contributed by atoms with Gasteiger partial charge in [0.05, 0.1) is 22.8 Å². The Morgan fingerprint density at radius 3 is 2.31 bits per heavy atom. The Labute approximate surface area is 205 Å². The number of aromatic nitrogens is 1. The first kappa shape index (κ1) is 23.1. The third kappa shape index (κ3) is 4.52. The lowest BCUT2D eigenvalue weighted by Gasteiger charge is -2.16. The third-order valence-corrected chi connectivity index (χ3v) is 7.09. The Balaban J connectivity index is 1.36. The van der Waals surface area contributed by atoms with Crippen LogP contribution in [-0.4, -0.2) is 21.3 Å². The lowest BCUT2D eigenvalue weighted by atomic mass is 9.87. The molecule has 3 aromatic carbocycles. The first-order valence-corrected chi connectivity index (χ1v) is 12.1. The maximum absolute atomic E-state index is 11.9. The number of rotatable bonds is 9. The molecule has 1 aliphatic rings. The van der Waals surface area contributed by atoms with Gasteiger partial charge in [-0.3, -0.25) is 4.79 Å². The predicted molar refractivity (Wildman–Crippen MR) is 135 cm³/mol. The van der Waals surface area contributed by atoms with Crippen molar-refractivity contribution in [3.05, 3.63) is 101 Å². The van der Waals surface area contributed by atoms with E-state index < -0.39 is 17.5 Å². The van der Waals surface area contributed by atoms with E-state index in [0.29, 0.717) is 30.7 Å². The summed E-state index contributed by atoms with van der Waals surface area (Å²) in [6, 6.07) is 25.9. The van der Waals surface area contributed by atoms with Crippen molar-refractivity contribution in [2.75, 3.05) is 0 Å². The van der Waals surface area contributed by atoms with Gasteiger partial charge in [0.2, 0.25) is 0 Å².